The number of rotatable bonds is 5. The van der Waals surface area contributed by atoms with Crippen molar-refractivity contribution < 1.29 is 14.4 Å². The number of carbonyl (C=O) groups excluding carboxylic acids is 3. The number of amides is 3. The predicted octanol–water partition coefficient (Wildman–Crippen LogP) is 0.124. The van der Waals surface area contributed by atoms with Crippen LogP contribution in [0.25, 0.3) is 0 Å². The molecule has 6 heteroatoms. The minimum absolute atomic E-state index is 0.0183. The van der Waals surface area contributed by atoms with Gasteiger partial charge in [-0.2, -0.15) is 0 Å². The Balaban J connectivity index is 1.86. The number of nitrogens with zero attached hydrogens (tertiary/aromatic N) is 2. The van der Waals surface area contributed by atoms with Crippen LogP contribution in [0.1, 0.15) is 39.5 Å². The quantitative estimate of drug-likeness (QED) is 0.727. The van der Waals surface area contributed by atoms with Gasteiger partial charge in [0.15, 0.2) is 0 Å². The van der Waals surface area contributed by atoms with E-state index in [1.807, 2.05) is 13.8 Å². The van der Waals surface area contributed by atoms with Crippen molar-refractivity contribution in [2.75, 3.05) is 19.6 Å². The Bertz CT molecular complexity index is 404. The summed E-state index contributed by atoms with van der Waals surface area (Å²) in [7, 11) is 0. The van der Waals surface area contributed by atoms with Gasteiger partial charge in [0.1, 0.15) is 0 Å². The van der Waals surface area contributed by atoms with Crippen LogP contribution in [0.5, 0.6) is 0 Å². The second kappa shape index (κ2) is 6.35. The average molecular weight is 281 g/mol. The van der Waals surface area contributed by atoms with Crippen LogP contribution >= 0.6 is 0 Å². The van der Waals surface area contributed by atoms with Gasteiger partial charge in [-0.05, 0) is 26.2 Å². The first-order chi connectivity index (χ1) is 9.54. The van der Waals surface area contributed by atoms with E-state index in [0.29, 0.717) is 0 Å². The van der Waals surface area contributed by atoms with Crippen molar-refractivity contribution in [3.05, 3.63) is 0 Å². The smallest absolute Gasteiger partial charge is 0.247 e. The average Bonchev–Trinajstić information content (AvgIpc) is 3.04. The number of hydrogen-bond acceptors (Lipinski definition) is 4. The van der Waals surface area contributed by atoms with E-state index < -0.39 is 6.04 Å². The van der Waals surface area contributed by atoms with Crippen LogP contribution in [-0.2, 0) is 14.4 Å². The fourth-order valence-corrected chi connectivity index (χ4v) is 2.74. The molecule has 6 nitrogen and oxygen atoms in total. The van der Waals surface area contributed by atoms with Crippen LogP contribution in [0.15, 0.2) is 0 Å². The van der Waals surface area contributed by atoms with E-state index >= 15 is 0 Å². The highest BCUT2D eigenvalue weighted by molar-refractivity contribution is 6.06. The van der Waals surface area contributed by atoms with Crippen LogP contribution < -0.4 is 5.32 Å². The molecule has 2 unspecified atom stereocenters. The Morgan fingerprint density at radius 1 is 1.35 bits per heavy atom. The molecule has 2 atom stereocenters. The van der Waals surface area contributed by atoms with E-state index in [1.165, 1.54) is 4.90 Å². The molecule has 2 aliphatic heterocycles. The first-order valence-electron chi connectivity index (χ1n) is 7.41. The summed E-state index contributed by atoms with van der Waals surface area (Å²) < 4.78 is 0. The van der Waals surface area contributed by atoms with Gasteiger partial charge in [-0.25, -0.2) is 0 Å². The summed E-state index contributed by atoms with van der Waals surface area (Å²) in [6.45, 7) is 5.56. The lowest BCUT2D eigenvalue weighted by atomic mass is 10.2. The van der Waals surface area contributed by atoms with Gasteiger partial charge in [-0.3, -0.25) is 24.6 Å². The highest BCUT2D eigenvalue weighted by atomic mass is 16.2. The van der Waals surface area contributed by atoms with Crippen molar-refractivity contribution in [1.29, 1.82) is 0 Å². The van der Waals surface area contributed by atoms with E-state index in [4.69, 9.17) is 0 Å². The lowest BCUT2D eigenvalue weighted by Crippen LogP contribution is -2.45. The molecule has 0 aromatic rings. The largest absolute Gasteiger partial charge is 0.342 e. The maximum absolute atomic E-state index is 12.2. The highest BCUT2D eigenvalue weighted by Gasteiger charge is 2.40. The summed E-state index contributed by atoms with van der Waals surface area (Å²) in [5, 5.41) is 2.94. The summed E-state index contributed by atoms with van der Waals surface area (Å²) in [6, 6.07) is -0.612. The summed E-state index contributed by atoms with van der Waals surface area (Å²) in [6.07, 6.45) is 3.01. The summed E-state index contributed by atoms with van der Waals surface area (Å²) >= 11 is 0. The minimum Gasteiger partial charge on any atom is -0.342 e. The van der Waals surface area contributed by atoms with Crippen LogP contribution in [0.3, 0.4) is 0 Å². The maximum atomic E-state index is 12.2. The first-order valence-corrected chi connectivity index (χ1v) is 7.41. The van der Waals surface area contributed by atoms with Crippen molar-refractivity contribution >= 4 is 17.7 Å². The molecule has 0 aliphatic carbocycles. The second-order valence-electron chi connectivity index (χ2n) is 5.58. The number of hydrogen-bond donors (Lipinski definition) is 1. The molecule has 3 amide bonds. The number of imide groups is 1. The van der Waals surface area contributed by atoms with Gasteiger partial charge in [0.25, 0.3) is 0 Å². The van der Waals surface area contributed by atoms with E-state index in [2.05, 4.69) is 5.32 Å². The van der Waals surface area contributed by atoms with Gasteiger partial charge in [0.05, 0.1) is 19.0 Å². The Hall–Kier alpha value is -1.43. The number of likely N-dealkylation sites (tertiary alicyclic amines) is 2. The van der Waals surface area contributed by atoms with E-state index in [0.717, 1.165) is 32.4 Å². The fourth-order valence-electron chi connectivity index (χ4n) is 2.74. The summed E-state index contributed by atoms with van der Waals surface area (Å²) in [5.74, 6) is -0.321. The van der Waals surface area contributed by atoms with Gasteiger partial charge in [-0.1, -0.05) is 6.92 Å². The molecule has 1 N–H and O–H groups in total. The van der Waals surface area contributed by atoms with Crippen LogP contribution in [0, 0.1) is 0 Å². The van der Waals surface area contributed by atoms with Crippen LogP contribution in [0.4, 0.5) is 0 Å². The molecule has 0 saturated carbocycles. The zero-order chi connectivity index (χ0) is 14.7. The molecule has 0 aromatic carbocycles. The number of nitrogens with one attached hydrogen (secondary N) is 1. The molecule has 20 heavy (non-hydrogen) atoms. The fraction of sp³-hybridized carbons (Fsp3) is 0.786. The van der Waals surface area contributed by atoms with Crippen LogP contribution in [0.2, 0.25) is 0 Å². The third-order valence-corrected chi connectivity index (χ3v) is 4.17. The molecule has 2 fully saturated rings. The molecule has 112 valence electrons. The molecule has 0 aromatic heterocycles. The zero-order valence-electron chi connectivity index (χ0n) is 12.2. The Morgan fingerprint density at radius 2 is 2.00 bits per heavy atom. The Kier molecular flexibility index (Phi) is 4.75. The van der Waals surface area contributed by atoms with Gasteiger partial charge in [0.2, 0.25) is 17.7 Å². The molecule has 2 rings (SSSR count). The van der Waals surface area contributed by atoms with Gasteiger partial charge in [-0.15, -0.1) is 0 Å². The third kappa shape index (κ3) is 3.00. The lowest BCUT2D eigenvalue weighted by Gasteiger charge is -2.22. The lowest BCUT2D eigenvalue weighted by molar-refractivity contribution is -0.141. The Morgan fingerprint density at radius 3 is 2.60 bits per heavy atom. The normalized spacial score (nSPS) is 24.6. The third-order valence-electron chi connectivity index (χ3n) is 4.17. The molecule has 0 radical (unpaired) electrons. The maximum Gasteiger partial charge on any atom is 0.247 e. The van der Waals surface area contributed by atoms with Gasteiger partial charge >= 0.3 is 0 Å². The van der Waals surface area contributed by atoms with Crippen molar-refractivity contribution in [2.45, 2.75) is 51.6 Å². The zero-order valence-corrected chi connectivity index (χ0v) is 12.2. The molecular formula is C14H23N3O3. The number of carbonyl (C=O) groups is 3. The van der Waals surface area contributed by atoms with E-state index in [-0.39, 0.29) is 36.7 Å². The van der Waals surface area contributed by atoms with E-state index in [1.54, 1.807) is 4.90 Å². The Labute approximate surface area is 119 Å². The highest BCUT2D eigenvalue weighted by Crippen LogP contribution is 2.18. The first kappa shape index (κ1) is 15.0. The van der Waals surface area contributed by atoms with Gasteiger partial charge < -0.3 is 4.90 Å². The standard InChI is InChI=1S/C14H23N3O3/c1-3-10(2)17-12(18)8-11(14(17)20)15-9-13(19)16-6-4-5-7-16/h10-11,15H,3-9H2,1-2H3. The van der Waals surface area contributed by atoms with Crippen molar-refractivity contribution in [3.63, 3.8) is 0 Å². The SMILES string of the molecule is CCC(C)N1C(=O)CC(NCC(=O)N2CCCC2)C1=O. The van der Waals surface area contributed by atoms with E-state index in [9.17, 15) is 14.4 Å². The molecule has 2 heterocycles. The summed E-state index contributed by atoms with van der Waals surface area (Å²) in [4.78, 5) is 39.1. The second-order valence-corrected chi connectivity index (χ2v) is 5.58. The molecule has 0 spiro atoms. The predicted molar refractivity (Wildman–Crippen MR) is 73.8 cm³/mol. The van der Waals surface area contributed by atoms with Crippen molar-refractivity contribution in [3.8, 4) is 0 Å². The van der Waals surface area contributed by atoms with Crippen molar-refractivity contribution in [1.82, 2.24) is 15.1 Å². The monoisotopic (exact) mass is 281 g/mol. The topological polar surface area (TPSA) is 69.7 Å². The van der Waals surface area contributed by atoms with Crippen molar-refractivity contribution in [2.24, 2.45) is 0 Å². The van der Waals surface area contributed by atoms with Crippen LogP contribution in [-0.4, -0.2) is 59.2 Å². The molecular weight excluding hydrogens is 258 g/mol. The molecule has 2 aliphatic rings. The van der Waals surface area contributed by atoms with Gasteiger partial charge in [0, 0.05) is 19.1 Å². The molecule has 2 saturated heterocycles. The summed E-state index contributed by atoms with van der Waals surface area (Å²) in [5.41, 5.74) is 0. The molecule has 0 bridgehead atoms. The minimum atomic E-state index is -0.539.